The summed E-state index contributed by atoms with van der Waals surface area (Å²) in [6.45, 7) is 3.89. The molecule has 0 unspecified atom stereocenters. The fourth-order valence-corrected chi connectivity index (χ4v) is 8.38. The highest BCUT2D eigenvalue weighted by atomic mass is 32.2. The zero-order valence-electron chi connectivity index (χ0n) is 22.3. The van der Waals surface area contributed by atoms with Gasteiger partial charge in [-0.2, -0.15) is 17.6 Å². The summed E-state index contributed by atoms with van der Waals surface area (Å²) >= 11 is 1.23. The maximum atomic E-state index is 13.4. The van der Waals surface area contributed by atoms with Gasteiger partial charge in [-0.1, -0.05) is 36.4 Å². The number of hydrogen-bond donors (Lipinski definition) is 3. The van der Waals surface area contributed by atoms with Crippen molar-refractivity contribution < 1.29 is 35.9 Å². The summed E-state index contributed by atoms with van der Waals surface area (Å²) in [7, 11) is -1.77. The summed E-state index contributed by atoms with van der Waals surface area (Å²) in [6, 6.07) is 16.7. The lowest BCUT2D eigenvalue weighted by Crippen LogP contribution is -2.57. The van der Waals surface area contributed by atoms with E-state index in [2.05, 4.69) is 51.2 Å². The standard InChI is InChI=1S/C25H29FN4O2S2.C2HF3O2/c1-17-20(13-23(33-17)34(31,32)29-22-10-6-9-21(26)28-22)30(2)24-19-11-12-25(24,16-27-15-19)14-18-7-4-3-5-8-18;3-2(4,5)1(6)7/h3-10,13,19,24,27H,11-12,14-16H2,1-2H3,(H,28,29);(H,6,7)/t19-,24+,25+;/m0./s1. The van der Waals surface area contributed by atoms with Crippen LogP contribution in [0.4, 0.5) is 29.1 Å². The van der Waals surface area contributed by atoms with E-state index in [-0.39, 0.29) is 15.4 Å². The van der Waals surface area contributed by atoms with Crippen LogP contribution in [-0.2, 0) is 21.2 Å². The van der Waals surface area contributed by atoms with E-state index in [4.69, 9.17) is 9.90 Å². The highest BCUT2D eigenvalue weighted by molar-refractivity contribution is 7.94. The molecule has 1 saturated heterocycles. The highest BCUT2D eigenvalue weighted by Gasteiger charge is 2.52. The molecule has 14 heteroatoms. The lowest BCUT2D eigenvalue weighted by molar-refractivity contribution is -0.192. The fraction of sp³-hybridized carbons (Fsp3) is 0.407. The Morgan fingerprint density at radius 2 is 1.90 bits per heavy atom. The molecule has 3 heterocycles. The number of hydrogen-bond acceptors (Lipinski definition) is 7. The summed E-state index contributed by atoms with van der Waals surface area (Å²) < 4.78 is 73.9. The van der Waals surface area contributed by atoms with E-state index in [1.807, 2.05) is 13.0 Å². The van der Waals surface area contributed by atoms with E-state index in [1.165, 1.54) is 35.1 Å². The number of carbonyl (C=O) groups is 1. The Morgan fingerprint density at radius 3 is 2.54 bits per heavy atom. The second-order valence-corrected chi connectivity index (χ2v) is 13.4. The number of alkyl halides is 3. The van der Waals surface area contributed by atoms with Crippen molar-refractivity contribution in [1.29, 1.82) is 0 Å². The van der Waals surface area contributed by atoms with Gasteiger partial charge in [0.1, 0.15) is 10.0 Å². The van der Waals surface area contributed by atoms with Crippen LogP contribution in [0, 0.1) is 24.2 Å². The van der Waals surface area contributed by atoms with Gasteiger partial charge < -0.3 is 15.3 Å². The molecule has 8 nitrogen and oxygen atoms in total. The molecule has 5 rings (SSSR count). The number of carboxylic acids is 1. The van der Waals surface area contributed by atoms with Crippen LogP contribution in [0.1, 0.15) is 23.3 Å². The number of nitrogens with zero attached hydrogens (tertiary/aromatic N) is 2. The minimum Gasteiger partial charge on any atom is -0.475 e. The molecule has 2 aliphatic rings. The van der Waals surface area contributed by atoms with Crippen molar-refractivity contribution >= 4 is 38.8 Å². The zero-order chi connectivity index (χ0) is 30.0. The number of nitrogens with one attached hydrogen (secondary N) is 2. The number of aliphatic carboxylic acids is 1. The molecule has 3 N–H and O–H groups in total. The first-order chi connectivity index (χ1) is 19.2. The molecule has 41 heavy (non-hydrogen) atoms. The van der Waals surface area contributed by atoms with Gasteiger partial charge in [0, 0.05) is 29.9 Å². The number of sulfonamides is 1. The van der Waals surface area contributed by atoms with E-state index in [0.717, 1.165) is 42.9 Å². The Morgan fingerprint density at radius 1 is 1.22 bits per heavy atom. The summed E-state index contributed by atoms with van der Waals surface area (Å²) in [5.74, 6) is -3.00. The number of fused-ring (bicyclic) bond motifs is 2. The van der Waals surface area contributed by atoms with Gasteiger partial charge in [0.2, 0.25) is 5.95 Å². The van der Waals surface area contributed by atoms with E-state index in [1.54, 1.807) is 6.07 Å². The number of benzene rings is 1. The van der Waals surface area contributed by atoms with Crippen molar-refractivity contribution in [2.45, 2.75) is 42.6 Å². The second kappa shape index (κ2) is 11.9. The van der Waals surface area contributed by atoms with Crippen LogP contribution in [0.15, 0.2) is 58.8 Å². The second-order valence-electron chi connectivity index (χ2n) is 10.3. The number of thiophene rings is 1. The first kappa shape index (κ1) is 30.7. The fourth-order valence-electron chi connectivity index (χ4n) is 5.91. The van der Waals surface area contributed by atoms with Gasteiger partial charge in [-0.25, -0.2) is 18.2 Å². The highest BCUT2D eigenvalue weighted by Crippen LogP contribution is 2.50. The SMILES string of the molecule is Cc1sc(S(=O)(=O)Nc2cccc(F)n2)cc1N(C)[C@@H]1[C@H]2CC[C@@]1(Cc1ccccc1)CNC2.O=C(O)C(F)(F)F. The van der Waals surface area contributed by atoms with Crippen LogP contribution in [-0.4, -0.2) is 56.8 Å². The quantitative estimate of drug-likeness (QED) is 0.252. The molecule has 2 bridgehead atoms. The largest absolute Gasteiger partial charge is 0.490 e. The molecule has 2 aromatic heterocycles. The van der Waals surface area contributed by atoms with Crippen molar-refractivity contribution in [3.05, 3.63) is 71.0 Å². The van der Waals surface area contributed by atoms with Gasteiger partial charge in [0.05, 0.1) is 5.69 Å². The molecule has 1 aliphatic heterocycles. The molecule has 1 aromatic carbocycles. The van der Waals surface area contributed by atoms with Gasteiger partial charge >= 0.3 is 12.1 Å². The molecule has 222 valence electrons. The number of piperidine rings is 1. The van der Waals surface area contributed by atoms with E-state index >= 15 is 0 Å². The van der Waals surface area contributed by atoms with Crippen molar-refractivity contribution in [1.82, 2.24) is 10.3 Å². The van der Waals surface area contributed by atoms with Crippen molar-refractivity contribution in [3.8, 4) is 0 Å². The Bertz CT molecular complexity index is 1480. The number of aryl methyl sites for hydroxylation is 1. The molecule has 0 amide bonds. The lowest BCUT2D eigenvalue weighted by atomic mass is 9.73. The Labute approximate surface area is 239 Å². The Kier molecular flexibility index (Phi) is 8.95. The molecule has 3 aromatic rings. The number of aromatic nitrogens is 1. The molecule has 3 atom stereocenters. The minimum absolute atomic E-state index is 0.0285. The lowest BCUT2D eigenvalue weighted by Gasteiger charge is -2.47. The molecule has 1 saturated carbocycles. The predicted molar refractivity (Wildman–Crippen MR) is 148 cm³/mol. The molecule has 2 fully saturated rings. The number of rotatable bonds is 7. The van der Waals surface area contributed by atoms with E-state index in [0.29, 0.717) is 12.0 Å². The third-order valence-corrected chi connectivity index (χ3v) is 10.4. The number of pyridine rings is 1. The average Bonchev–Trinajstić information content (AvgIpc) is 3.39. The van der Waals surface area contributed by atoms with Gasteiger partial charge in [-0.05, 0) is 62.4 Å². The molecule has 0 spiro atoms. The predicted octanol–water partition coefficient (Wildman–Crippen LogP) is 5.07. The van der Waals surface area contributed by atoms with E-state index < -0.39 is 28.1 Å². The van der Waals surface area contributed by atoms with Crippen molar-refractivity contribution in [3.63, 3.8) is 0 Å². The van der Waals surface area contributed by atoms with Crippen molar-refractivity contribution in [2.24, 2.45) is 11.3 Å². The first-order valence-electron chi connectivity index (χ1n) is 12.8. The molecular weight excluding hydrogens is 584 g/mol. The topological polar surface area (TPSA) is 112 Å². The van der Waals surface area contributed by atoms with Crippen LogP contribution in [0.25, 0.3) is 0 Å². The van der Waals surface area contributed by atoms with Crippen LogP contribution >= 0.6 is 11.3 Å². The van der Waals surface area contributed by atoms with E-state index in [9.17, 15) is 26.0 Å². The summed E-state index contributed by atoms with van der Waals surface area (Å²) in [5.41, 5.74) is 2.37. The van der Waals surface area contributed by atoms with Gasteiger partial charge in [0.15, 0.2) is 0 Å². The number of carboxylic acid groups (broad SMARTS) is 1. The molecular formula is C27H30F4N4O4S2. The molecule has 1 aliphatic carbocycles. The normalized spacial score (nSPS) is 22.0. The average molecular weight is 615 g/mol. The van der Waals surface area contributed by atoms with Gasteiger partial charge in [-0.15, -0.1) is 11.3 Å². The smallest absolute Gasteiger partial charge is 0.475 e. The number of halogens is 4. The monoisotopic (exact) mass is 614 g/mol. The van der Waals surface area contributed by atoms with Gasteiger partial charge in [0.25, 0.3) is 10.0 Å². The summed E-state index contributed by atoms with van der Waals surface area (Å²) in [5, 5.41) is 10.8. The zero-order valence-corrected chi connectivity index (χ0v) is 23.9. The summed E-state index contributed by atoms with van der Waals surface area (Å²) in [6.07, 6.45) is -1.78. The summed E-state index contributed by atoms with van der Waals surface area (Å²) in [4.78, 5) is 15.8. The van der Waals surface area contributed by atoms with Crippen molar-refractivity contribution in [2.75, 3.05) is 29.8 Å². The maximum Gasteiger partial charge on any atom is 0.490 e. The molecule has 0 radical (unpaired) electrons. The Hall–Kier alpha value is -3.23. The minimum atomic E-state index is -5.08. The van der Waals surface area contributed by atoms with Crippen LogP contribution < -0.4 is 14.9 Å². The third-order valence-electron chi connectivity index (χ3n) is 7.50. The maximum absolute atomic E-state index is 13.4. The van der Waals surface area contributed by atoms with Crippen LogP contribution in [0.3, 0.4) is 0 Å². The van der Waals surface area contributed by atoms with Gasteiger partial charge in [-0.3, -0.25) is 4.72 Å². The number of anilines is 2. The van der Waals surface area contributed by atoms with Crippen LogP contribution in [0.2, 0.25) is 0 Å². The van der Waals surface area contributed by atoms with Crippen LogP contribution in [0.5, 0.6) is 0 Å². The third kappa shape index (κ3) is 6.99. The Balaban J connectivity index is 0.000000493. The first-order valence-corrected chi connectivity index (χ1v) is 15.1.